The molecule has 1 amide bonds. The van der Waals surface area contributed by atoms with Crippen LogP contribution >= 0.6 is 11.3 Å². The Morgan fingerprint density at radius 1 is 1.00 bits per heavy atom. The second-order valence-electron chi connectivity index (χ2n) is 6.54. The van der Waals surface area contributed by atoms with E-state index in [4.69, 9.17) is 14.2 Å². The maximum absolute atomic E-state index is 12.5. The summed E-state index contributed by atoms with van der Waals surface area (Å²) in [6, 6.07) is 13.7. The number of ether oxygens (including phenoxy) is 3. The molecule has 3 aromatic rings. The number of rotatable bonds is 5. The number of carbonyl (C=O) groups excluding carboxylic acids is 1. The van der Waals surface area contributed by atoms with Crippen LogP contribution in [0.1, 0.15) is 22.8 Å². The molecule has 0 unspecified atom stereocenters. The van der Waals surface area contributed by atoms with Crippen LogP contribution in [0.25, 0.3) is 11.1 Å². The SMILES string of the molecule is COc1cccc([C@@H]2CC(=O)Nc3c(-c4ccc(OC)c(OC)c4)csc32)c1. The lowest BCUT2D eigenvalue weighted by molar-refractivity contribution is -0.116. The summed E-state index contributed by atoms with van der Waals surface area (Å²) in [5.74, 6) is 2.15. The molecule has 0 saturated heterocycles. The minimum Gasteiger partial charge on any atom is -0.497 e. The van der Waals surface area contributed by atoms with E-state index in [0.717, 1.165) is 33.0 Å². The summed E-state index contributed by atoms with van der Waals surface area (Å²) in [6.45, 7) is 0. The van der Waals surface area contributed by atoms with Crippen molar-refractivity contribution in [1.29, 1.82) is 0 Å². The average Bonchev–Trinajstić information content (AvgIpc) is 3.16. The van der Waals surface area contributed by atoms with Crippen LogP contribution < -0.4 is 19.5 Å². The third-order valence-corrected chi connectivity index (χ3v) is 6.08. The summed E-state index contributed by atoms with van der Waals surface area (Å²) in [4.78, 5) is 13.6. The Kier molecular flexibility index (Phi) is 4.96. The number of anilines is 1. The topological polar surface area (TPSA) is 56.8 Å². The average molecular weight is 395 g/mol. The van der Waals surface area contributed by atoms with Crippen LogP contribution in [0.4, 0.5) is 5.69 Å². The Morgan fingerprint density at radius 2 is 1.82 bits per heavy atom. The van der Waals surface area contributed by atoms with Gasteiger partial charge in [0.2, 0.25) is 5.91 Å². The third-order valence-electron chi connectivity index (χ3n) is 4.98. The second kappa shape index (κ2) is 7.56. The van der Waals surface area contributed by atoms with Crippen molar-refractivity contribution in [3.8, 4) is 28.4 Å². The van der Waals surface area contributed by atoms with Gasteiger partial charge in [-0.15, -0.1) is 11.3 Å². The molecule has 4 rings (SSSR count). The monoisotopic (exact) mass is 395 g/mol. The zero-order chi connectivity index (χ0) is 19.7. The molecule has 144 valence electrons. The van der Waals surface area contributed by atoms with Gasteiger partial charge in [0.05, 0.1) is 27.0 Å². The molecule has 1 aliphatic heterocycles. The van der Waals surface area contributed by atoms with Gasteiger partial charge in [-0.1, -0.05) is 18.2 Å². The number of thiophene rings is 1. The number of nitrogens with one attached hydrogen (secondary N) is 1. The van der Waals surface area contributed by atoms with E-state index in [1.54, 1.807) is 32.7 Å². The normalized spacial score (nSPS) is 15.5. The largest absolute Gasteiger partial charge is 0.497 e. The molecular formula is C22H21NO4S. The van der Waals surface area contributed by atoms with E-state index in [-0.39, 0.29) is 11.8 Å². The predicted octanol–water partition coefficient (Wildman–Crippen LogP) is 4.92. The third kappa shape index (κ3) is 3.20. The number of methoxy groups -OCH3 is 3. The summed E-state index contributed by atoms with van der Waals surface area (Å²) < 4.78 is 16.1. The van der Waals surface area contributed by atoms with Crippen LogP contribution in [0.5, 0.6) is 17.2 Å². The van der Waals surface area contributed by atoms with Crippen molar-refractivity contribution in [2.45, 2.75) is 12.3 Å². The van der Waals surface area contributed by atoms with Gasteiger partial charge < -0.3 is 19.5 Å². The standard InChI is InChI=1S/C22H21NO4S/c1-25-15-6-4-5-13(9-15)16-11-20(24)23-21-17(12-28-22(16)21)14-7-8-18(26-2)19(10-14)27-3/h4-10,12,16H,11H2,1-3H3,(H,23,24)/t16-/m0/s1. The molecule has 0 fully saturated rings. The molecule has 1 N–H and O–H groups in total. The number of hydrogen-bond donors (Lipinski definition) is 1. The molecule has 5 nitrogen and oxygen atoms in total. The molecule has 2 heterocycles. The fourth-order valence-corrected chi connectivity index (χ4v) is 4.73. The van der Waals surface area contributed by atoms with Crippen molar-refractivity contribution >= 4 is 22.9 Å². The van der Waals surface area contributed by atoms with E-state index in [9.17, 15) is 4.79 Å². The Bertz CT molecular complexity index is 1030. The molecule has 1 atom stereocenters. The van der Waals surface area contributed by atoms with Gasteiger partial charge in [0, 0.05) is 28.2 Å². The van der Waals surface area contributed by atoms with Crippen molar-refractivity contribution in [2.75, 3.05) is 26.6 Å². The highest BCUT2D eigenvalue weighted by Gasteiger charge is 2.30. The first-order valence-electron chi connectivity index (χ1n) is 8.92. The number of benzene rings is 2. The molecule has 0 saturated carbocycles. The molecule has 0 spiro atoms. The Morgan fingerprint density at radius 3 is 2.57 bits per heavy atom. The van der Waals surface area contributed by atoms with Crippen LogP contribution in [0, 0.1) is 0 Å². The molecule has 28 heavy (non-hydrogen) atoms. The Hall–Kier alpha value is -2.99. The van der Waals surface area contributed by atoms with Crippen LogP contribution in [0.15, 0.2) is 47.8 Å². The molecule has 0 radical (unpaired) electrons. The van der Waals surface area contributed by atoms with Crippen molar-refractivity contribution in [2.24, 2.45) is 0 Å². The number of amides is 1. The highest BCUT2D eigenvalue weighted by Crippen LogP contribution is 2.47. The molecule has 1 aromatic heterocycles. The van der Waals surface area contributed by atoms with Crippen LogP contribution in [0.3, 0.4) is 0 Å². The maximum Gasteiger partial charge on any atom is 0.225 e. The molecule has 2 aromatic carbocycles. The first-order chi connectivity index (χ1) is 13.6. The maximum atomic E-state index is 12.5. The fraction of sp³-hybridized carbons (Fsp3) is 0.227. The zero-order valence-corrected chi connectivity index (χ0v) is 16.8. The first kappa shape index (κ1) is 18.4. The van der Waals surface area contributed by atoms with E-state index in [0.29, 0.717) is 17.9 Å². The smallest absolute Gasteiger partial charge is 0.225 e. The van der Waals surface area contributed by atoms with E-state index >= 15 is 0 Å². The quantitative estimate of drug-likeness (QED) is 0.667. The summed E-state index contributed by atoms with van der Waals surface area (Å²) in [6.07, 6.45) is 0.423. The van der Waals surface area contributed by atoms with E-state index in [1.807, 2.05) is 42.5 Å². The van der Waals surface area contributed by atoms with Gasteiger partial charge >= 0.3 is 0 Å². The summed E-state index contributed by atoms with van der Waals surface area (Å²) in [5.41, 5.74) is 3.92. The van der Waals surface area contributed by atoms with E-state index in [2.05, 4.69) is 10.7 Å². The molecule has 6 heteroatoms. The van der Waals surface area contributed by atoms with Gasteiger partial charge in [0.1, 0.15) is 5.75 Å². The van der Waals surface area contributed by atoms with Gasteiger partial charge in [0.25, 0.3) is 0 Å². The van der Waals surface area contributed by atoms with Crippen molar-refractivity contribution in [3.05, 3.63) is 58.3 Å². The van der Waals surface area contributed by atoms with Gasteiger partial charge in [-0.3, -0.25) is 4.79 Å². The minimum absolute atomic E-state index is 0.0118. The molecular weight excluding hydrogens is 374 g/mol. The fourth-order valence-electron chi connectivity index (χ4n) is 3.57. The Balaban J connectivity index is 1.79. The molecule has 0 aliphatic carbocycles. The highest BCUT2D eigenvalue weighted by molar-refractivity contribution is 7.11. The molecule has 0 bridgehead atoms. The van der Waals surface area contributed by atoms with Crippen molar-refractivity contribution in [1.82, 2.24) is 0 Å². The van der Waals surface area contributed by atoms with Crippen LogP contribution in [-0.4, -0.2) is 27.2 Å². The summed E-state index contributed by atoms with van der Waals surface area (Å²) in [7, 11) is 4.88. The van der Waals surface area contributed by atoms with Gasteiger partial charge in [-0.05, 0) is 35.4 Å². The summed E-state index contributed by atoms with van der Waals surface area (Å²) in [5, 5.41) is 5.16. The zero-order valence-electron chi connectivity index (χ0n) is 15.9. The van der Waals surface area contributed by atoms with Gasteiger partial charge in [0.15, 0.2) is 11.5 Å². The second-order valence-corrected chi connectivity index (χ2v) is 7.45. The van der Waals surface area contributed by atoms with Crippen molar-refractivity contribution < 1.29 is 19.0 Å². The lowest BCUT2D eigenvalue weighted by Crippen LogP contribution is -2.22. The van der Waals surface area contributed by atoms with E-state index in [1.165, 1.54) is 0 Å². The highest BCUT2D eigenvalue weighted by atomic mass is 32.1. The number of hydrogen-bond acceptors (Lipinski definition) is 5. The Labute approximate surface area is 167 Å². The van der Waals surface area contributed by atoms with Crippen LogP contribution in [-0.2, 0) is 4.79 Å². The predicted molar refractivity (Wildman–Crippen MR) is 111 cm³/mol. The van der Waals surface area contributed by atoms with E-state index < -0.39 is 0 Å². The first-order valence-corrected chi connectivity index (χ1v) is 9.80. The van der Waals surface area contributed by atoms with Crippen molar-refractivity contribution in [3.63, 3.8) is 0 Å². The minimum atomic E-state index is 0.0118. The lowest BCUT2D eigenvalue weighted by Gasteiger charge is -2.24. The molecule has 1 aliphatic rings. The number of carbonyl (C=O) groups is 1. The van der Waals surface area contributed by atoms with Crippen LogP contribution in [0.2, 0.25) is 0 Å². The number of fused-ring (bicyclic) bond motifs is 1. The lowest BCUT2D eigenvalue weighted by atomic mass is 9.89. The summed E-state index contributed by atoms with van der Waals surface area (Å²) >= 11 is 1.66. The van der Waals surface area contributed by atoms with Gasteiger partial charge in [-0.25, -0.2) is 0 Å². The van der Waals surface area contributed by atoms with Gasteiger partial charge in [-0.2, -0.15) is 0 Å².